The van der Waals surface area contributed by atoms with Crippen molar-refractivity contribution in [1.82, 2.24) is 0 Å². The number of thiophene rings is 1. The highest BCUT2D eigenvalue weighted by atomic mass is 79.9. The zero-order valence-corrected chi connectivity index (χ0v) is 12.0. The molecule has 0 saturated heterocycles. The predicted molar refractivity (Wildman–Crippen MR) is 72.2 cm³/mol. The largest absolute Gasteiger partial charge is 0.384 e. The summed E-state index contributed by atoms with van der Waals surface area (Å²) in [4.78, 5) is 1.00. The fourth-order valence-electron chi connectivity index (χ4n) is 1.62. The first-order valence-corrected chi connectivity index (χ1v) is 6.86. The summed E-state index contributed by atoms with van der Waals surface area (Å²) in [6, 6.07) is 5.86. The van der Waals surface area contributed by atoms with Crippen molar-refractivity contribution < 1.29 is 9.50 Å². The van der Waals surface area contributed by atoms with Gasteiger partial charge in [0.15, 0.2) is 0 Å². The summed E-state index contributed by atoms with van der Waals surface area (Å²) < 4.78 is 13.9. The lowest BCUT2D eigenvalue weighted by Crippen LogP contribution is -2.00. The summed E-state index contributed by atoms with van der Waals surface area (Å²) >= 11 is 10.8. The van der Waals surface area contributed by atoms with Crippen molar-refractivity contribution in [1.29, 1.82) is 0 Å². The zero-order chi connectivity index (χ0) is 12.6. The normalized spacial score (nSPS) is 12.8. The van der Waals surface area contributed by atoms with E-state index in [1.807, 2.05) is 13.0 Å². The number of aliphatic hydroxyl groups is 1. The molecule has 0 aliphatic carbocycles. The van der Waals surface area contributed by atoms with Crippen molar-refractivity contribution >= 4 is 38.9 Å². The topological polar surface area (TPSA) is 20.2 Å². The number of halogens is 3. The van der Waals surface area contributed by atoms with Gasteiger partial charge in [-0.05, 0) is 46.6 Å². The lowest BCUT2D eigenvalue weighted by atomic mass is 10.0. The number of aliphatic hydroxyl groups excluding tert-OH is 1. The first kappa shape index (κ1) is 13.0. The molecule has 1 N–H and O–H groups in total. The van der Waals surface area contributed by atoms with Gasteiger partial charge in [0.05, 0.1) is 3.79 Å². The summed E-state index contributed by atoms with van der Waals surface area (Å²) in [6.45, 7) is 1.92. The molecule has 0 fully saturated rings. The molecule has 0 amide bonds. The number of hydrogen-bond donors (Lipinski definition) is 1. The Morgan fingerprint density at radius 3 is 2.59 bits per heavy atom. The molecule has 5 heteroatoms. The average Bonchev–Trinajstić information content (AvgIpc) is 2.57. The van der Waals surface area contributed by atoms with Crippen LogP contribution in [-0.4, -0.2) is 5.11 Å². The highest BCUT2D eigenvalue weighted by Crippen LogP contribution is 2.35. The molecule has 1 heterocycles. The van der Waals surface area contributed by atoms with Gasteiger partial charge in [-0.15, -0.1) is 11.3 Å². The Balaban J connectivity index is 2.43. The van der Waals surface area contributed by atoms with Crippen molar-refractivity contribution in [3.05, 3.63) is 54.9 Å². The minimum Gasteiger partial charge on any atom is -0.384 e. The summed E-state index contributed by atoms with van der Waals surface area (Å²) in [5, 5.41) is 10.5. The Bertz CT molecular complexity index is 555. The van der Waals surface area contributed by atoms with E-state index in [9.17, 15) is 9.50 Å². The average molecular weight is 336 g/mol. The van der Waals surface area contributed by atoms with Gasteiger partial charge in [0.1, 0.15) is 11.9 Å². The molecule has 0 saturated carbocycles. The number of benzene rings is 1. The second-order valence-corrected chi connectivity index (χ2v) is 6.67. The van der Waals surface area contributed by atoms with Gasteiger partial charge in [0.25, 0.3) is 0 Å². The minimum absolute atomic E-state index is 0.235. The zero-order valence-electron chi connectivity index (χ0n) is 8.88. The summed E-state index contributed by atoms with van der Waals surface area (Å²) in [6.07, 6.45) is -0.828. The van der Waals surface area contributed by atoms with Crippen LogP contribution in [0, 0.1) is 12.7 Å². The van der Waals surface area contributed by atoms with Crippen LogP contribution in [0.1, 0.15) is 22.1 Å². The lowest BCUT2D eigenvalue weighted by molar-refractivity contribution is 0.220. The molecule has 17 heavy (non-hydrogen) atoms. The van der Waals surface area contributed by atoms with E-state index in [1.165, 1.54) is 18.2 Å². The molecule has 0 spiro atoms. The van der Waals surface area contributed by atoms with Crippen molar-refractivity contribution in [2.75, 3.05) is 0 Å². The second kappa shape index (κ2) is 5.06. The SMILES string of the molecule is Cc1sc(Br)cc1C(O)c1ccc(F)cc1Cl. The van der Waals surface area contributed by atoms with E-state index in [0.29, 0.717) is 5.56 Å². The Kier molecular flexibility index (Phi) is 3.88. The van der Waals surface area contributed by atoms with Gasteiger partial charge in [-0.2, -0.15) is 0 Å². The molecule has 2 rings (SSSR count). The molecule has 1 nitrogen and oxygen atoms in total. The Morgan fingerprint density at radius 1 is 1.35 bits per heavy atom. The third-order valence-electron chi connectivity index (χ3n) is 2.48. The minimum atomic E-state index is -0.828. The number of rotatable bonds is 2. The molecule has 0 bridgehead atoms. The van der Waals surface area contributed by atoms with Gasteiger partial charge in [-0.25, -0.2) is 4.39 Å². The number of aryl methyl sites for hydroxylation is 1. The van der Waals surface area contributed by atoms with E-state index in [-0.39, 0.29) is 5.02 Å². The van der Waals surface area contributed by atoms with Crippen molar-refractivity contribution in [2.24, 2.45) is 0 Å². The van der Waals surface area contributed by atoms with Crippen LogP contribution in [-0.2, 0) is 0 Å². The highest BCUT2D eigenvalue weighted by Gasteiger charge is 2.18. The molecule has 0 aliphatic rings. The predicted octanol–water partition coefficient (Wildman–Crippen LogP) is 4.69. The van der Waals surface area contributed by atoms with Crippen molar-refractivity contribution in [2.45, 2.75) is 13.0 Å². The maximum atomic E-state index is 12.9. The lowest BCUT2D eigenvalue weighted by Gasteiger charge is -2.12. The summed E-state index contributed by atoms with van der Waals surface area (Å²) in [7, 11) is 0. The van der Waals surface area contributed by atoms with Crippen LogP contribution < -0.4 is 0 Å². The van der Waals surface area contributed by atoms with Crippen LogP contribution in [0.3, 0.4) is 0 Å². The highest BCUT2D eigenvalue weighted by molar-refractivity contribution is 9.11. The number of hydrogen-bond acceptors (Lipinski definition) is 2. The van der Waals surface area contributed by atoms with Crippen molar-refractivity contribution in [3.8, 4) is 0 Å². The molecule has 1 aromatic carbocycles. The molecule has 2 aromatic rings. The molecule has 90 valence electrons. The van der Waals surface area contributed by atoms with Gasteiger partial charge < -0.3 is 5.11 Å². The van der Waals surface area contributed by atoms with E-state index in [0.717, 1.165) is 14.2 Å². The van der Waals surface area contributed by atoms with Crippen molar-refractivity contribution in [3.63, 3.8) is 0 Å². The summed E-state index contributed by atoms with van der Waals surface area (Å²) in [5.74, 6) is -0.408. The molecule has 1 unspecified atom stereocenters. The third kappa shape index (κ3) is 2.71. The molecule has 1 aromatic heterocycles. The fraction of sp³-hybridized carbons (Fsp3) is 0.167. The molecular formula is C12H9BrClFOS. The maximum Gasteiger partial charge on any atom is 0.124 e. The van der Waals surface area contributed by atoms with Crippen LogP contribution >= 0.6 is 38.9 Å². The van der Waals surface area contributed by atoms with Gasteiger partial charge in [0.2, 0.25) is 0 Å². The monoisotopic (exact) mass is 334 g/mol. The Morgan fingerprint density at radius 2 is 2.06 bits per heavy atom. The van der Waals surface area contributed by atoms with Gasteiger partial charge in [-0.3, -0.25) is 0 Å². The van der Waals surface area contributed by atoms with E-state index in [2.05, 4.69) is 15.9 Å². The molecule has 1 atom stereocenters. The van der Waals surface area contributed by atoms with Crippen LogP contribution in [0.4, 0.5) is 4.39 Å². The van der Waals surface area contributed by atoms with Gasteiger partial charge in [-0.1, -0.05) is 17.7 Å². The van der Waals surface area contributed by atoms with Gasteiger partial charge in [0, 0.05) is 15.5 Å². The fourth-order valence-corrected chi connectivity index (χ4v) is 3.63. The smallest absolute Gasteiger partial charge is 0.124 e. The van der Waals surface area contributed by atoms with E-state index in [1.54, 1.807) is 11.3 Å². The van der Waals surface area contributed by atoms with Crippen LogP contribution in [0.5, 0.6) is 0 Å². The first-order valence-electron chi connectivity index (χ1n) is 4.88. The standard InChI is InChI=1S/C12H9BrClFOS/c1-6-9(5-11(13)17-6)12(16)8-3-2-7(15)4-10(8)14/h2-5,12,16H,1H3. The third-order valence-corrected chi connectivity index (χ3v) is 4.37. The van der Waals surface area contributed by atoms with E-state index >= 15 is 0 Å². The Hall–Kier alpha value is -0.420. The molecular weight excluding hydrogens is 327 g/mol. The quantitative estimate of drug-likeness (QED) is 0.844. The van der Waals surface area contributed by atoms with Crippen LogP contribution in [0.25, 0.3) is 0 Å². The Labute approximate surface area is 116 Å². The second-order valence-electron chi connectivity index (χ2n) is 3.63. The molecule has 0 aliphatic heterocycles. The van der Waals surface area contributed by atoms with E-state index in [4.69, 9.17) is 11.6 Å². The first-order chi connectivity index (χ1) is 7.99. The summed E-state index contributed by atoms with van der Waals surface area (Å²) in [5.41, 5.74) is 1.30. The van der Waals surface area contributed by atoms with Crippen LogP contribution in [0.2, 0.25) is 5.02 Å². The van der Waals surface area contributed by atoms with E-state index < -0.39 is 11.9 Å². The molecule has 0 radical (unpaired) electrons. The maximum absolute atomic E-state index is 12.9. The van der Waals surface area contributed by atoms with Gasteiger partial charge >= 0.3 is 0 Å². The van der Waals surface area contributed by atoms with Crippen LogP contribution in [0.15, 0.2) is 28.1 Å².